The van der Waals surface area contributed by atoms with Crippen molar-refractivity contribution < 1.29 is 5.11 Å². The third-order valence-electron chi connectivity index (χ3n) is 2.02. The van der Waals surface area contributed by atoms with E-state index in [1.165, 1.54) is 4.88 Å². The number of aliphatic hydroxyl groups excluding tert-OH is 1. The van der Waals surface area contributed by atoms with Crippen molar-refractivity contribution in [3.8, 4) is 0 Å². The van der Waals surface area contributed by atoms with Crippen molar-refractivity contribution in [1.82, 2.24) is 5.32 Å². The van der Waals surface area contributed by atoms with E-state index in [1.54, 1.807) is 18.3 Å². The first-order chi connectivity index (χ1) is 6.99. The highest BCUT2D eigenvalue weighted by Crippen LogP contribution is 2.31. The molecule has 0 bridgehead atoms. The van der Waals surface area contributed by atoms with Crippen LogP contribution in [0.1, 0.15) is 25.1 Å². The van der Waals surface area contributed by atoms with Crippen LogP contribution in [0.15, 0.2) is 10.5 Å². The second-order valence-corrected chi connectivity index (χ2v) is 6.29. The quantitative estimate of drug-likeness (QED) is 0.873. The highest BCUT2D eigenvalue weighted by molar-refractivity contribution is 9.10. The Kier molecular flexibility index (Phi) is 5.57. The number of rotatable bonds is 5. The van der Waals surface area contributed by atoms with Gasteiger partial charge in [-0.1, -0.05) is 11.6 Å². The monoisotopic (exact) mass is 311 g/mol. The van der Waals surface area contributed by atoms with Gasteiger partial charge in [0.05, 0.1) is 6.10 Å². The summed E-state index contributed by atoms with van der Waals surface area (Å²) < 4.78 is 1.74. The van der Waals surface area contributed by atoms with Crippen LogP contribution in [0.2, 0.25) is 4.34 Å². The van der Waals surface area contributed by atoms with Gasteiger partial charge >= 0.3 is 0 Å². The van der Waals surface area contributed by atoms with Crippen molar-refractivity contribution >= 4 is 38.9 Å². The Bertz CT molecular complexity index is 297. The normalized spacial score (nSPS) is 15.3. The van der Waals surface area contributed by atoms with Gasteiger partial charge in [-0.2, -0.15) is 0 Å². The third-order valence-corrected chi connectivity index (χ3v) is 4.49. The average molecular weight is 313 g/mol. The average Bonchev–Trinajstić information content (AvgIpc) is 2.42. The van der Waals surface area contributed by atoms with Crippen LogP contribution in [0.25, 0.3) is 0 Å². The Balaban J connectivity index is 2.36. The molecule has 0 fully saturated rings. The Morgan fingerprint density at radius 3 is 2.73 bits per heavy atom. The molecule has 1 aromatic heterocycles. The molecular weight excluding hydrogens is 298 g/mol. The first-order valence-electron chi connectivity index (χ1n) is 4.84. The topological polar surface area (TPSA) is 32.3 Å². The summed E-state index contributed by atoms with van der Waals surface area (Å²) >= 11 is 10.9. The Morgan fingerprint density at radius 2 is 2.27 bits per heavy atom. The fraction of sp³-hybridized carbons (Fsp3) is 0.600. The van der Waals surface area contributed by atoms with E-state index in [1.807, 2.05) is 6.07 Å². The number of aliphatic hydroxyl groups is 1. The summed E-state index contributed by atoms with van der Waals surface area (Å²) in [6.45, 7) is 4.66. The minimum Gasteiger partial charge on any atom is -0.393 e. The molecule has 1 heterocycles. The summed E-state index contributed by atoms with van der Waals surface area (Å²) in [4.78, 5) is 1.20. The standard InChI is InChI=1S/C10H15BrClNOS/c1-6(3-7(2)14)13-5-8-4-9(11)10(12)15-8/h4,6-7,13-14H,3,5H2,1-2H3. The number of hydrogen-bond donors (Lipinski definition) is 2. The molecule has 1 aromatic rings. The van der Waals surface area contributed by atoms with Crippen molar-refractivity contribution in [3.05, 3.63) is 19.8 Å². The van der Waals surface area contributed by atoms with E-state index < -0.39 is 0 Å². The molecule has 0 saturated carbocycles. The van der Waals surface area contributed by atoms with Crippen LogP contribution in [0.4, 0.5) is 0 Å². The van der Waals surface area contributed by atoms with Crippen LogP contribution in [0.5, 0.6) is 0 Å². The predicted octanol–water partition coefficient (Wildman–Crippen LogP) is 3.41. The zero-order chi connectivity index (χ0) is 11.4. The fourth-order valence-electron chi connectivity index (χ4n) is 1.35. The van der Waals surface area contributed by atoms with Gasteiger partial charge in [-0.15, -0.1) is 11.3 Å². The van der Waals surface area contributed by atoms with E-state index in [0.717, 1.165) is 21.8 Å². The van der Waals surface area contributed by atoms with Gasteiger partial charge in [0.15, 0.2) is 0 Å². The summed E-state index contributed by atoms with van der Waals surface area (Å²) in [7, 11) is 0. The molecule has 0 radical (unpaired) electrons. The summed E-state index contributed by atoms with van der Waals surface area (Å²) in [6, 6.07) is 2.33. The largest absolute Gasteiger partial charge is 0.393 e. The number of thiophene rings is 1. The molecule has 15 heavy (non-hydrogen) atoms. The summed E-state index contributed by atoms with van der Waals surface area (Å²) in [6.07, 6.45) is 0.506. The summed E-state index contributed by atoms with van der Waals surface area (Å²) in [5.74, 6) is 0. The van der Waals surface area contributed by atoms with Gasteiger partial charge in [-0.05, 0) is 42.3 Å². The van der Waals surface area contributed by atoms with Crippen LogP contribution in [-0.2, 0) is 6.54 Å². The van der Waals surface area contributed by atoms with Crippen LogP contribution in [0, 0.1) is 0 Å². The first-order valence-corrected chi connectivity index (χ1v) is 6.83. The predicted molar refractivity (Wildman–Crippen MR) is 69.6 cm³/mol. The minimum atomic E-state index is -0.258. The lowest BCUT2D eigenvalue weighted by Crippen LogP contribution is -2.28. The lowest BCUT2D eigenvalue weighted by molar-refractivity contribution is 0.170. The fourth-order valence-corrected chi connectivity index (χ4v) is 3.09. The second kappa shape index (κ2) is 6.21. The van der Waals surface area contributed by atoms with Gasteiger partial charge in [-0.3, -0.25) is 0 Å². The summed E-state index contributed by atoms with van der Waals surface area (Å²) in [5.41, 5.74) is 0. The van der Waals surface area contributed by atoms with Gasteiger partial charge < -0.3 is 10.4 Å². The zero-order valence-corrected chi connectivity index (χ0v) is 11.9. The van der Waals surface area contributed by atoms with E-state index in [-0.39, 0.29) is 6.10 Å². The first kappa shape index (κ1) is 13.5. The number of hydrogen-bond acceptors (Lipinski definition) is 3. The van der Waals surface area contributed by atoms with Crippen molar-refractivity contribution in [1.29, 1.82) is 0 Å². The van der Waals surface area contributed by atoms with Crippen LogP contribution >= 0.6 is 38.9 Å². The van der Waals surface area contributed by atoms with E-state index in [9.17, 15) is 5.11 Å². The van der Waals surface area contributed by atoms with Gasteiger partial charge in [0.1, 0.15) is 4.34 Å². The van der Waals surface area contributed by atoms with Crippen LogP contribution in [-0.4, -0.2) is 17.3 Å². The molecule has 0 spiro atoms. The maximum Gasteiger partial charge on any atom is 0.107 e. The van der Waals surface area contributed by atoms with Gasteiger partial charge in [0.25, 0.3) is 0 Å². The second-order valence-electron chi connectivity index (χ2n) is 3.70. The van der Waals surface area contributed by atoms with Gasteiger partial charge in [-0.25, -0.2) is 0 Å². The Hall–Kier alpha value is 0.390. The SMILES string of the molecule is CC(O)CC(C)NCc1cc(Br)c(Cl)s1. The molecule has 1 rings (SSSR count). The molecule has 0 aliphatic rings. The molecule has 0 saturated heterocycles. The van der Waals surface area contributed by atoms with Crippen LogP contribution in [0.3, 0.4) is 0 Å². The number of halogens is 2. The van der Waals surface area contributed by atoms with E-state index in [4.69, 9.17) is 11.6 Å². The van der Waals surface area contributed by atoms with Crippen molar-refractivity contribution in [2.24, 2.45) is 0 Å². The van der Waals surface area contributed by atoms with Gasteiger partial charge in [0, 0.05) is 21.9 Å². The molecule has 86 valence electrons. The molecule has 0 aromatic carbocycles. The molecule has 2 atom stereocenters. The maximum absolute atomic E-state index is 9.20. The van der Waals surface area contributed by atoms with E-state index >= 15 is 0 Å². The third kappa shape index (κ3) is 4.83. The van der Waals surface area contributed by atoms with Crippen molar-refractivity contribution in [3.63, 3.8) is 0 Å². The molecule has 0 amide bonds. The molecule has 5 heteroatoms. The molecule has 2 unspecified atom stereocenters. The minimum absolute atomic E-state index is 0.258. The Labute approximate surface area is 108 Å². The lowest BCUT2D eigenvalue weighted by Gasteiger charge is -2.14. The molecular formula is C10H15BrClNOS. The van der Waals surface area contributed by atoms with E-state index in [2.05, 4.69) is 28.2 Å². The smallest absolute Gasteiger partial charge is 0.107 e. The number of nitrogens with one attached hydrogen (secondary N) is 1. The van der Waals surface area contributed by atoms with Crippen molar-refractivity contribution in [2.45, 2.75) is 39.0 Å². The molecule has 0 aliphatic heterocycles. The Morgan fingerprint density at radius 1 is 1.60 bits per heavy atom. The lowest BCUT2D eigenvalue weighted by atomic mass is 10.1. The molecule has 0 aliphatic carbocycles. The van der Waals surface area contributed by atoms with E-state index in [0.29, 0.717) is 6.04 Å². The highest BCUT2D eigenvalue weighted by Gasteiger charge is 2.08. The maximum atomic E-state index is 9.20. The highest BCUT2D eigenvalue weighted by atomic mass is 79.9. The van der Waals surface area contributed by atoms with Crippen molar-refractivity contribution in [2.75, 3.05) is 0 Å². The molecule has 2 N–H and O–H groups in total. The van der Waals surface area contributed by atoms with Crippen LogP contribution < -0.4 is 5.32 Å². The zero-order valence-electron chi connectivity index (χ0n) is 8.76. The summed E-state index contributed by atoms with van der Waals surface area (Å²) in [5, 5.41) is 12.5. The van der Waals surface area contributed by atoms with Gasteiger partial charge in [0.2, 0.25) is 0 Å². The molecule has 2 nitrogen and oxygen atoms in total.